The average Bonchev–Trinajstić information content (AvgIpc) is 0.849. The predicted molar refractivity (Wildman–Crippen MR) is 412 cm³/mol. The van der Waals surface area contributed by atoms with Gasteiger partial charge in [0.05, 0.1) is 28.4 Å². The van der Waals surface area contributed by atoms with Gasteiger partial charge >= 0.3 is 29.6 Å². The third-order valence-corrected chi connectivity index (χ3v) is 20.9. The second-order valence-corrected chi connectivity index (χ2v) is 30.7. The van der Waals surface area contributed by atoms with Crippen LogP contribution in [-0.2, 0) is 42.9 Å². The number of hydrogen-bond donors (Lipinski definition) is 7. The van der Waals surface area contributed by atoms with Crippen LogP contribution in [-0.4, -0.2) is 134 Å². The number of likely N-dealkylation sites (tertiary alicyclic amines) is 3. The molecule has 19 nitrogen and oxygen atoms in total. The molecule has 36 heteroatoms. The third kappa shape index (κ3) is 23.6. The molecular weight excluding hydrogens is 1670 g/mol. The number of piperidine rings is 3. The maximum atomic E-state index is 15.0. The topological polar surface area (TPSA) is 260 Å². The summed E-state index contributed by atoms with van der Waals surface area (Å²) in [5.74, 6) is -31.0. The number of carbonyl (C=O) groups excluding carboxylic acids is 8. The van der Waals surface area contributed by atoms with E-state index in [9.17, 15) is 106 Å². The number of nitrogens with one attached hydrogen (secondary N) is 5. The quantitative estimate of drug-likeness (QED) is 0.0375. The van der Waals surface area contributed by atoms with Crippen molar-refractivity contribution in [3.8, 4) is 0 Å². The number of alkyl halides is 8. The van der Waals surface area contributed by atoms with E-state index in [0.717, 1.165) is 75.5 Å². The summed E-state index contributed by atoms with van der Waals surface area (Å²) in [4.78, 5) is 106. The van der Waals surface area contributed by atoms with E-state index in [4.69, 9.17) is 0 Å². The Morgan fingerprint density at radius 1 is 0.441 bits per heavy atom. The van der Waals surface area contributed by atoms with Crippen molar-refractivity contribution in [3.05, 3.63) is 239 Å². The molecule has 1 aromatic heterocycles. The van der Waals surface area contributed by atoms with Gasteiger partial charge in [-0.25, -0.2) is 35.7 Å². The molecule has 0 radical (unpaired) electrons. The summed E-state index contributed by atoms with van der Waals surface area (Å²) in [5, 5.41) is 30.1. The normalized spacial score (nSPS) is 14.4. The minimum atomic E-state index is -4.24. The number of aryl methyl sites for hydroxylation is 3. The Morgan fingerprint density at radius 3 is 1.22 bits per heavy atom. The molecule has 3 aliphatic heterocycles. The molecule has 0 spiro atoms. The minimum Gasteiger partial charge on any atom is -0.393 e. The summed E-state index contributed by atoms with van der Waals surface area (Å²) >= 11 is 3.49. The molecule has 0 aliphatic carbocycles. The number of aromatic nitrogens is 1. The van der Waals surface area contributed by atoms with Gasteiger partial charge in [-0.15, -0.1) is 11.3 Å². The smallest absolute Gasteiger partial charge is 0.375 e. The number of rotatable bonds is 19. The standard InChI is InChI=1S/C21H20BrF3N2O3.C21H21F5N2O2.C21H20F4N2O3.C19H20F3N3O2S/c1-12-2-3-13(19(29)26-14-4-5-18(23)17(22)11-14)10-16(12)21(24,25)20(30)27-8-6-15(28)7-9-27;1-4-9-20(2,3)28-19(30)21(25,26)14-10-12(5-7-15(14)22)18(29)27-13-6-8-16(23)17(24)11-13;1-12-2-3-13(19(29)26-14-4-5-17(22)18(23)11-14)10-16(12)21(24,25)20(30)27-8-6-15(28)7-9-27;1-11-5-7-25(8-6-11)18(27)19(21,22)17-23-10-15(28-17)16(26)24-13-3-4-14(20)12(2)9-13/h2-5,10-11,15,28H,6-9H2,1H3,(H,26,29);5-8,10-11H,4,9H2,1-3H3,(H,27,29)(H,28,30);2-5,10-11,15,28H,6-9H2,1H3,(H,26,29);3-4,9-11H,5-8H2,1-2H3,(H,24,26). The van der Waals surface area contributed by atoms with Gasteiger partial charge in [0, 0.05) is 108 Å². The van der Waals surface area contributed by atoms with Crippen LogP contribution in [0.15, 0.2) is 138 Å². The van der Waals surface area contributed by atoms with E-state index in [1.54, 1.807) is 20.8 Å². The molecule has 11 rings (SSSR count). The van der Waals surface area contributed by atoms with Crippen molar-refractivity contribution in [3.63, 3.8) is 0 Å². The second kappa shape index (κ2) is 39.2. The Balaban J connectivity index is 0.000000196. The third-order valence-electron chi connectivity index (χ3n) is 19.2. The molecular formula is C82H81BrF15N9O10S. The first-order chi connectivity index (χ1) is 55.2. The molecule has 3 aliphatic rings. The second-order valence-electron chi connectivity index (χ2n) is 28.9. The van der Waals surface area contributed by atoms with Gasteiger partial charge < -0.3 is 51.5 Å². The Kier molecular flexibility index (Phi) is 30.8. The highest BCUT2D eigenvalue weighted by Gasteiger charge is 2.50. The lowest BCUT2D eigenvalue weighted by Crippen LogP contribution is -2.49. The summed E-state index contributed by atoms with van der Waals surface area (Å²) in [7, 11) is 0. The molecule has 0 saturated carbocycles. The van der Waals surface area contributed by atoms with Crippen LogP contribution in [0.3, 0.4) is 0 Å². The minimum absolute atomic E-state index is 0.0188. The first-order valence-corrected chi connectivity index (χ1v) is 38.3. The van der Waals surface area contributed by atoms with Gasteiger partial charge in [-0.2, -0.15) is 35.1 Å². The number of carbonyl (C=O) groups is 8. The first kappa shape index (κ1) is 92.8. The monoisotopic (exact) mass is 1750 g/mol. The number of nitrogens with zero attached hydrogens (tertiary/aromatic N) is 4. The number of thiazole rings is 1. The van der Waals surface area contributed by atoms with Crippen molar-refractivity contribution in [2.75, 3.05) is 60.5 Å². The SMILES string of the molecule is CCCC(C)(C)NC(=O)C(F)(F)c1cc(C(=O)Nc2ccc(F)c(F)c2)ccc1F.Cc1cc(NC(=O)c2cnc(C(F)(F)C(=O)N3CCC(C)CC3)s2)ccc1F.Cc1ccc(C(=O)Nc2ccc(F)c(Br)c2)cc1C(F)(F)C(=O)N1CCC(O)CC1.Cc1ccc(C(=O)Nc2ccc(F)c(F)c2)cc1C(F)(F)C(=O)N1CCC(O)CC1. The van der Waals surface area contributed by atoms with E-state index in [1.807, 2.05) is 13.8 Å². The van der Waals surface area contributed by atoms with Crippen LogP contribution in [0, 0.1) is 67.4 Å². The van der Waals surface area contributed by atoms with Crippen LogP contribution in [0.2, 0.25) is 0 Å². The van der Waals surface area contributed by atoms with Crippen molar-refractivity contribution in [2.45, 2.75) is 141 Å². The maximum Gasteiger partial charge on any atom is 0.375 e. The van der Waals surface area contributed by atoms with Crippen LogP contribution in [0.5, 0.6) is 0 Å². The number of amides is 8. The largest absolute Gasteiger partial charge is 0.393 e. The van der Waals surface area contributed by atoms with Gasteiger partial charge in [-0.3, -0.25) is 38.4 Å². The molecule has 3 fully saturated rings. The highest BCUT2D eigenvalue weighted by Crippen LogP contribution is 2.40. The van der Waals surface area contributed by atoms with E-state index in [0.29, 0.717) is 72.4 Å². The molecule has 118 heavy (non-hydrogen) atoms. The maximum absolute atomic E-state index is 15.0. The van der Waals surface area contributed by atoms with Crippen LogP contribution >= 0.6 is 27.3 Å². The summed E-state index contributed by atoms with van der Waals surface area (Å²) in [6.07, 6.45) is 3.17. The molecule has 0 atom stereocenters. The number of aliphatic hydroxyl groups is 2. The van der Waals surface area contributed by atoms with E-state index >= 15 is 8.78 Å². The summed E-state index contributed by atoms with van der Waals surface area (Å²) in [6.45, 7) is 12.1. The average molecular weight is 1750 g/mol. The Bertz CT molecular complexity index is 4880. The molecule has 3 saturated heterocycles. The van der Waals surface area contributed by atoms with Gasteiger partial charge in [-0.1, -0.05) is 32.4 Å². The Hall–Kier alpha value is -10.7. The number of aliphatic hydroxyl groups excluding tert-OH is 2. The highest BCUT2D eigenvalue weighted by molar-refractivity contribution is 9.10. The van der Waals surface area contributed by atoms with Crippen molar-refractivity contribution in [1.29, 1.82) is 0 Å². The van der Waals surface area contributed by atoms with Gasteiger partial charge in [0.25, 0.3) is 41.4 Å². The molecule has 7 N–H and O–H groups in total. The van der Waals surface area contributed by atoms with Gasteiger partial charge in [0.1, 0.15) is 22.3 Å². The zero-order chi connectivity index (χ0) is 87.3. The molecule has 7 aromatic carbocycles. The summed E-state index contributed by atoms with van der Waals surface area (Å²) in [5.41, 5.74) is -2.91. The van der Waals surface area contributed by atoms with E-state index in [-0.39, 0.29) is 114 Å². The molecule has 8 amide bonds. The summed E-state index contributed by atoms with van der Waals surface area (Å²) in [6, 6.07) is 22.5. The molecule has 4 heterocycles. The first-order valence-electron chi connectivity index (χ1n) is 36.7. The zero-order valence-corrected chi connectivity index (χ0v) is 66.6. The lowest BCUT2D eigenvalue weighted by Gasteiger charge is -2.32. The fraction of sp³-hybridized carbons (Fsp3) is 0.354. The van der Waals surface area contributed by atoms with E-state index in [1.165, 1.54) is 68.4 Å². The van der Waals surface area contributed by atoms with Gasteiger partial charge in [-0.05, 0) is 221 Å². The molecule has 632 valence electrons. The number of anilines is 4. The fourth-order valence-corrected chi connectivity index (χ4v) is 13.5. The Labute approximate surface area is 679 Å². The predicted octanol–water partition coefficient (Wildman–Crippen LogP) is 17.2. The fourth-order valence-electron chi connectivity index (χ4n) is 12.3. The van der Waals surface area contributed by atoms with Crippen LogP contribution in [0.1, 0.15) is 158 Å². The number of benzene rings is 7. The number of halogens is 16. The van der Waals surface area contributed by atoms with Crippen molar-refractivity contribution in [2.24, 2.45) is 5.92 Å². The van der Waals surface area contributed by atoms with E-state index in [2.05, 4.69) is 47.5 Å². The Morgan fingerprint density at radius 2 is 0.805 bits per heavy atom. The van der Waals surface area contributed by atoms with Crippen molar-refractivity contribution < 1.29 is 114 Å². The van der Waals surface area contributed by atoms with Crippen molar-refractivity contribution >= 4 is 97.3 Å². The van der Waals surface area contributed by atoms with Gasteiger partial charge in [0.15, 0.2) is 28.3 Å². The molecule has 0 bridgehead atoms. The number of hydrogen-bond acceptors (Lipinski definition) is 12. The zero-order valence-electron chi connectivity index (χ0n) is 64.2. The van der Waals surface area contributed by atoms with Crippen LogP contribution < -0.4 is 26.6 Å². The van der Waals surface area contributed by atoms with E-state index < -0.39 is 157 Å². The van der Waals surface area contributed by atoms with Crippen LogP contribution in [0.25, 0.3) is 0 Å². The molecule has 8 aromatic rings. The summed E-state index contributed by atoms with van der Waals surface area (Å²) < 4.78 is 212. The highest BCUT2D eigenvalue weighted by atomic mass is 79.9. The van der Waals surface area contributed by atoms with Crippen molar-refractivity contribution in [1.82, 2.24) is 25.0 Å². The van der Waals surface area contributed by atoms with Crippen LogP contribution in [0.4, 0.5) is 88.6 Å². The van der Waals surface area contributed by atoms with Gasteiger partial charge in [0.2, 0.25) is 0 Å². The lowest BCUT2D eigenvalue weighted by molar-refractivity contribution is -0.161. The molecule has 0 unspecified atom stereocenters. The lowest BCUT2D eigenvalue weighted by atomic mass is 9.97.